The van der Waals surface area contributed by atoms with E-state index < -0.39 is 0 Å². The summed E-state index contributed by atoms with van der Waals surface area (Å²) < 4.78 is 0. The average molecular weight is 178 g/mol. The van der Waals surface area contributed by atoms with E-state index in [1.807, 2.05) is 19.1 Å². The smallest absolute Gasteiger partial charge is 0.0316 e. The van der Waals surface area contributed by atoms with Gasteiger partial charge in [0.25, 0.3) is 0 Å². The molecule has 0 fully saturated rings. The van der Waals surface area contributed by atoms with E-state index in [2.05, 4.69) is 13.0 Å². The lowest BCUT2D eigenvalue weighted by Gasteiger charge is -2.08. The van der Waals surface area contributed by atoms with E-state index in [0.29, 0.717) is 0 Å². The maximum Gasteiger partial charge on any atom is 0.0316 e. The van der Waals surface area contributed by atoms with E-state index in [-0.39, 0.29) is 6.04 Å². The highest BCUT2D eigenvalue weighted by Gasteiger charge is 2.00. The summed E-state index contributed by atoms with van der Waals surface area (Å²) in [7, 11) is 0. The van der Waals surface area contributed by atoms with Gasteiger partial charge in [0.2, 0.25) is 0 Å². The normalized spacial score (nSPS) is 12.8. The molecule has 1 rings (SSSR count). The number of nitrogen functional groups attached to an aromatic ring is 1. The summed E-state index contributed by atoms with van der Waals surface area (Å²) >= 11 is 0. The van der Waals surface area contributed by atoms with Crippen LogP contribution in [-0.4, -0.2) is 6.04 Å². The fourth-order valence-corrected chi connectivity index (χ4v) is 1.38. The molecule has 72 valence electrons. The lowest BCUT2D eigenvalue weighted by Crippen LogP contribution is -2.15. The summed E-state index contributed by atoms with van der Waals surface area (Å²) in [6, 6.07) is 6.32. The third-order valence-corrected chi connectivity index (χ3v) is 2.24. The van der Waals surface area contributed by atoms with Crippen LogP contribution < -0.4 is 11.5 Å². The largest absolute Gasteiger partial charge is 0.399 e. The minimum atomic E-state index is 0.275. The number of nitrogens with two attached hydrogens (primary N) is 2. The molecule has 0 saturated carbocycles. The van der Waals surface area contributed by atoms with Crippen LogP contribution in [0.1, 0.15) is 24.5 Å². The Morgan fingerprint density at radius 3 is 2.62 bits per heavy atom. The van der Waals surface area contributed by atoms with Crippen molar-refractivity contribution in [2.24, 2.45) is 5.73 Å². The van der Waals surface area contributed by atoms with Gasteiger partial charge in [-0.3, -0.25) is 0 Å². The number of aryl methyl sites for hydroxylation is 2. The van der Waals surface area contributed by atoms with Crippen LogP contribution in [0, 0.1) is 6.92 Å². The van der Waals surface area contributed by atoms with Gasteiger partial charge in [0.1, 0.15) is 0 Å². The van der Waals surface area contributed by atoms with E-state index in [1.165, 1.54) is 11.1 Å². The maximum absolute atomic E-state index is 5.70. The standard InChI is InChI=1S/C11H18N2/c1-8-7-11(13)6-5-10(8)4-3-9(2)12/h5-7,9H,3-4,12-13H2,1-2H3/t9-/m0/s1. The second-order valence-corrected chi connectivity index (χ2v) is 3.70. The Balaban J connectivity index is 2.67. The quantitative estimate of drug-likeness (QED) is 0.694. The molecule has 0 saturated heterocycles. The number of rotatable bonds is 3. The molecule has 0 aliphatic heterocycles. The molecule has 0 bridgehead atoms. The second kappa shape index (κ2) is 4.28. The summed E-state index contributed by atoms with van der Waals surface area (Å²) in [4.78, 5) is 0. The van der Waals surface area contributed by atoms with Gasteiger partial charge in [0, 0.05) is 11.7 Å². The molecule has 4 N–H and O–H groups in total. The lowest BCUT2D eigenvalue weighted by atomic mass is 10.0. The predicted molar refractivity (Wildman–Crippen MR) is 57.6 cm³/mol. The summed E-state index contributed by atoms with van der Waals surface area (Å²) in [5.74, 6) is 0. The third-order valence-electron chi connectivity index (χ3n) is 2.24. The Labute approximate surface area is 79.9 Å². The minimum Gasteiger partial charge on any atom is -0.399 e. The highest BCUT2D eigenvalue weighted by atomic mass is 14.6. The number of hydrogen-bond donors (Lipinski definition) is 2. The van der Waals surface area contributed by atoms with Gasteiger partial charge in [-0.1, -0.05) is 6.07 Å². The van der Waals surface area contributed by atoms with Crippen LogP contribution in [-0.2, 0) is 6.42 Å². The predicted octanol–water partition coefficient (Wildman–Crippen LogP) is 1.86. The second-order valence-electron chi connectivity index (χ2n) is 3.70. The SMILES string of the molecule is Cc1cc(N)ccc1CC[C@H](C)N. The van der Waals surface area contributed by atoms with Crippen molar-refractivity contribution in [3.8, 4) is 0 Å². The Kier molecular flexibility index (Phi) is 3.32. The van der Waals surface area contributed by atoms with Crippen molar-refractivity contribution in [3.05, 3.63) is 29.3 Å². The van der Waals surface area contributed by atoms with E-state index in [0.717, 1.165) is 18.5 Å². The van der Waals surface area contributed by atoms with Crippen molar-refractivity contribution in [1.29, 1.82) is 0 Å². The zero-order valence-electron chi connectivity index (χ0n) is 8.38. The summed E-state index contributed by atoms with van der Waals surface area (Å²) in [5, 5.41) is 0. The molecule has 2 nitrogen and oxygen atoms in total. The molecule has 0 aliphatic rings. The average Bonchev–Trinajstić information content (AvgIpc) is 2.02. The van der Waals surface area contributed by atoms with Gasteiger partial charge < -0.3 is 11.5 Å². The van der Waals surface area contributed by atoms with Crippen LogP contribution in [0.15, 0.2) is 18.2 Å². The highest BCUT2D eigenvalue weighted by molar-refractivity contribution is 5.44. The Morgan fingerprint density at radius 2 is 2.08 bits per heavy atom. The van der Waals surface area contributed by atoms with Gasteiger partial charge in [-0.15, -0.1) is 0 Å². The van der Waals surface area contributed by atoms with Crippen LogP contribution in [0.25, 0.3) is 0 Å². The first kappa shape index (κ1) is 10.1. The molecule has 13 heavy (non-hydrogen) atoms. The van der Waals surface area contributed by atoms with Gasteiger partial charge >= 0.3 is 0 Å². The molecule has 0 amide bonds. The molecule has 2 heteroatoms. The third kappa shape index (κ3) is 3.07. The van der Waals surface area contributed by atoms with Gasteiger partial charge in [-0.2, -0.15) is 0 Å². The minimum absolute atomic E-state index is 0.275. The van der Waals surface area contributed by atoms with Crippen LogP contribution in [0.5, 0.6) is 0 Å². The summed E-state index contributed by atoms with van der Waals surface area (Å²) in [5.41, 5.74) is 14.8. The Hall–Kier alpha value is -1.02. The topological polar surface area (TPSA) is 52.0 Å². The molecule has 0 spiro atoms. The molecule has 0 aromatic heterocycles. The van der Waals surface area contributed by atoms with Gasteiger partial charge in [0.05, 0.1) is 0 Å². The van der Waals surface area contributed by atoms with Gasteiger partial charge in [-0.25, -0.2) is 0 Å². The Bertz CT molecular complexity index is 279. The van der Waals surface area contributed by atoms with Crippen LogP contribution in [0.4, 0.5) is 5.69 Å². The van der Waals surface area contributed by atoms with Crippen molar-refractivity contribution >= 4 is 5.69 Å². The van der Waals surface area contributed by atoms with Crippen molar-refractivity contribution in [1.82, 2.24) is 0 Å². The summed E-state index contributed by atoms with van der Waals surface area (Å²) in [6.07, 6.45) is 2.08. The fourth-order valence-electron chi connectivity index (χ4n) is 1.38. The molecule has 0 radical (unpaired) electrons. The number of anilines is 1. The van der Waals surface area contributed by atoms with Gasteiger partial charge in [0.15, 0.2) is 0 Å². The molecule has 1 aromatic carbocycles. The molecule has 0 heterocycles. The van der Waals surface area contributed by atoms with Crippen molar-refractivity contribution in [2.45, 2.75) is 32.7 Å². The van der Waals surface area contributed by atoms with Crippen molar-refractivity contribution in [2.75, 3.05) is 5.73 Å². The van der Waals surface area contributed by atoms with Crippen molar-refractivity contribution in [3.63, 3.8) is 0 Å². The first-order valence-corrected chi connectivity index (χ1v) is 4.70. The molecule has 0 unspecified atom stereocenters. The van der Waals surface area contributed by atoms with Crippen LogP contribution >= 0.6 is 0 Å². The molecule has 0 aliphatic carbocycles. The molecular weight excluding hydrogens is 160 g/mol. The number of hydrogen-bond acceptors (Lipinski definition) is 2. The Morgan fingerprint density at radius 1 is 1.38 bits per heavy atom. The van der Waals surface area contributed by atoms with Gasteiger partial charge in [-0.05, 0) is 49.9 Å². The molecule has 1 aromatic rings. The zero-order chi connectivity index (χ0) is 9.84. The molecular formula is C11H18N2. The van der Waals surface area contributed by atoms with Crippen LogP contribution in [0.2, 0.25) is 0 Å². The molecule has 1 atom stereocenters. The van der Waals surface area contributed by atoms with E-state index in [9.17, 15) is 0 Å². The van der Waals surface area contributed by atoms with E-state index >= 15 is 0 Å². The fraction of sp³-hybridized carbons (Fsp3) is 0.455. The monoisotopic (exact) mass is 178 g/mol. The number of benzene rings is 1. The highest BCUT2D eigenvalue weighted by Crippen LogP contribution is 2.14. The first-order valence-electron chi connectivity index (χ1n) is 4.70. The van der Waals surface area contributed by atoms with E-state index in [4.69, 9.17) is 11.5 Å². The maximum atomic E-state index is 5.70. The van der Waals surface area contributed by atoms with Crippen LogP contribution in [0.3, 0.4) is 0 Å². The van der Waals surface area contributed by atoms with Crippen molar-refractivity contribution < 1.29 is 0 Å². The zero-order valence-corrected chi connectivity index (χ0v) is 8.38. The first-order chi connectivity index (χ1) is 6.09. The summed E-state index contributed by atoms with van der Waals surface area (Å²) in [6.45, 7) is 4.12. The van der Waals surface area contributed by atoms with E-state index in [1.54, 1.807) is 0 Å². The lowest BCUT2D eigenvalue weighted by molar-refractivity contribution is 0.664.